The number of hydrogen-bond acceptors (Lipinski definition) is 1. The van der Waals surface area contributed by atoms with Crippen molar-refractivity contribution in [3.8, 4) is 0 Å². The number of carbonyl (C=O) groups is 1. The van der Waals surface area contributed by atoms with Gasteiger partial charge in [0.1, 0.15) is 0 Å². The summed E-state index contributed by atoms with van der Waals surface area (Å²) in [6, 6.07) is 0.602. The molecule has 0 aromatic heterocycles. The first-order valence-electron chi connectivity index (χ1n) is 9.06. The molecular formula is C18H31NO. The Morgan fingerprint density at radius 1 is 1.00 bits per heavy atom. The number of amides is 1. The van der Waals surface area contributed by atoms with Gasteiger partial charge in [-0.1, -0.05) is 45.4 Å². The monoisotopic (exact) mass is 277 g/mol. The molecule has 1 amide bonds. The Bertz CT molecular complexity index is 330. The largest absolute Gasteiger partial charge is 0.339 e. The van der Waals surface area contributed by atoms with Gasteiger partial charge < -0.3 is 4.90 Å². The molecule has 0 aromatic carbocycles. The lowest BCUT2D eigenvalue weighted by molar-refractivity contribution is -0.138. The fourth-order valence-electron chi connectivity index (χ4n) is 4.69. The Kier molecular flexibility index (Phi) is 4.68. The Morgan fingerprint density at radius 2 is 1.75 bits per heavy atom. The molecule has 0 spiro atoms. The maximum atomic E-state index is 12.8. The number of rotatable bonds is 4. The van der Waals surface area contributed by atoms with Crippen molar-refractivity contribution >= 4 is 5.91 Å². The lowest BCUT2D eigenvalue weighted by Crippen LogP contribution is -2.44. The fraction of sp³-hybridized carbons (Fsp3) is 0.944. The van der Waals surface area contributed by atoms with E-state index in [4.69, 9.17) is 0 Å². The van der Waals surface area contributed by atoms with E-state index in [2.05, 4.69) is 11.8 Å². The summed E-state index contributed by atoms with van der Waals surface area (Å²) in [4.78, 5) is 15.1. The van der Waals surface area contributed by atoms with Crippen LogP contribution in [0.1, 0.15) is 77.6 Å². The van der Waals surface area contributed by atoms with Crippen LogP contribution < -0.4 is 0 Å². The van der Waals surface area contributed by atoms with Crippen molar-refractivity contribution in [2.24, 2.45) is 17.8 Å². The van der Waals surface area contributed by atoms with Crippen molar-refractivity contribution in [3.05, 3.63) is 0 Å². The van der Waals surface area contributed by atoms with Crippen LogP contribution in [-0.4, -0.2) is 23.4 Å². The maximum absolute atomic E-state index is 12.8. The second-order valence-corrected chi connectivity index (χ2v) is 7.57. The van der Waals surface area contributed by atoms with Crippen LogP contribution in [-0.2, 0) is 4.79 Å². The zero-order valence-corrected chi connectivity index (χ0v) is 13.2. The number of likely N-dealkylation sites (tertiary alicyclic amines) is 1. The molecule has 1 aliphatic heterocycles. The van der Waals surface area contributed by atoms with Crippen molar-refractivity contribution in [1.29, 1.82) is 0 Å². The van der Waals surface area contributed by atoms with Crippen molar-refractivity contribution in [3.63, 3.8) is 0 Å². The molecule has 0 radical (unpaired) electrons. The number of hydrogen-bond donors (Lipinski definition) is 0. The molecule has 20 heavy (non-hydrogen) atoms. The molecule has 3 aliphatic rings. The van der Waals surface area contributed by atoms with Gasteiger partial charge in [-0.3, -0.25) is 4.79 Å². The van der Waals surface area contributed by atoms with Crippen LogP contribution in [0.15, 0.2) is 0 Å². The molecule has 1 heterocycles. The van der Waals surface area contributed by atoms with Crippen LogP contribution in [0.4, 0.5) is 0 Å². The SMILES string of the molecule is CC(CC1CCCCC1)C(=O)N1CCCC1C1CCC1. The van der Waals surface area contributed by atoms with E-state index in [9.17, 15) is 4.79 Å². The minimum absolute atomic E-state index is 0.263. The number of nitrogens with zero attached hydrogens (tertiary/aromatic N) is 1. The van der Waals surface area contributed by atoms with Crippen LogP contribution in [0.2, 0.25) is 0 Å². The van der Waals surface area contributed by atoms with Crippen LogP contribution >= 0.6 is 0 Å². The first-order valence-corrected chi connectivity index (χ1v) is 9.06. The minimum Gasteiger partial charge on any atom is -0.339 e. The highest BCUT2D eigenvalue weighted by Gasteiger charge is 2.38. The van der Waals surface area contributed by atoms with Crippen molar-refractivity contribution < 1.29 is 4.79 Å². The first-order chi connectivity index (χ1) is 9.75. The molecule has 2 atom stereocenters. The fourth-order valence-corrected chi connectivity index (χ4v) is 4.69. The molecule has 0 aromatic rings. The second kappa shape index (κ2) is 6.49. The van der Waals surface area contributed by atoms with E-state index in [0.717, 1.165) is 24.8 Å². The third-order valence-electron chi connectivity index (χ3n) is 6.11. The Morgan fingerprint density at radius 3 is 2.40 bits per heavy atom. The third-order valence-corrected chi connectivity index (χ3v) is 6.11. The lowest BCUT2D eigenvalue weighted by Gasteiger charge is -2.38. The van der Waals surface area contributed by atoms with Crippen molar-refractivity contribution in [2.75, 3.05) is 6.54 Å². The van der Waals surface area contributed by atoms with Gasteiger partial charge in [0.25, 0.3) is 0 Å². The van der Waals surface area contributed by atoms with Crippen LogP contribution in [0.3, 0.4) is 0 Å². The molecule has 2 heteroatoms. The summed E-state index contributed by atoms with van der Waals surface area (Å²) in [7, 11) is 0. The van der Waals surface area contributed by atoms with E-state index in [-0.39, 0.29) is 5.92 Å². The molecule has 2 saturated carbocycles. The van der Waals surface area contributed by atoms with Gasteiger partial charge in [0.05, 0.1) is 0 Å². The zero-order chi connectivity index (χ0) is 13.9. The highest BCUT2D eigenvalue weighted by atomic mass is 16.2. The van der Waals surface area contributed by atoms with E-state index >= 15 is 0 Å². The van der Waals surface area contributed by atoms with Gasteiger partial charge in [0.15, 0.2) is 0 Å². The molecule has 3 fully saturated rings. The van der Waals surface area contributed by atoms with E-state index in [1.165, 1.54) is 64.2 Å². The highest BCUT2D eigenvalue weighted by molar-refractivity contribution is 5.79. The molecule has 0 N–H and O–H groups in total. The second-order valence-electron chi connectivity index (χ2n) is 7.57. The third kappa shape index (κ3) is 3.04. The summed E-state index contributed by atoms with van der Waals surface area (Å²) in [6.07, 6.45) is 14.7. The van der Waals surface area contributed by atoms with Crippen molar-refractivity contribution in [1.82, 2.24) is 4.90 Å². The Hall–Kier alpha value is -0.530. The molecule has 3 rings (SSSR count). The van der Waals surface area contributed by atoms with Gasteiger partial charge in [0.2, 0.25) is 5.91 Å². The molecule has 2 aliphatic carbocycles. The molecule has 2 unspecified atom stereocenters. The average Bonchev–Trinajstić information content (AvgIpc) is 2.86. The predicted molar refractivity (Wildman–Crippen MR) is 82.4 cm³/mol. The van der Waals surface area contributed by atoms with Gasteiger partial charge in [-0.05, 0) is 43.9 Å². The Balaban J connectivity index is 1.53. The average molecular weight is 277 g/mol. The Labute approximate surface area is 124 Å². The highest BCUT2D eigenvalue weighted by Crippen LogP contribution is 2.38. The van der Waals surface area contributed by atoms with Gasteiger partial charge >= 0.3 is 0 Å². The standard InChI is InChI=1S/C18H31NO/c1-14(13-15-7-3-2-4-8-15)18(20)19-12-6-11-17(19)16-9-5-10-16/h14-17H,2-13H2,1H3. The van der Waals surface area contributed by atoms with Gasteiger partial charge in [0, 0.05) is 18.5 Å². The van der Waals surface area contributed by atoms with E-state index < -0.39 is 0 Å². The van der Waals surface area contributed by atoms with Crippen LogP contribution in [0, 0.1) is 17.8 Å². The van der Waals surface area contributed by atoms with E-state index in [0.29, 0.717) is 11.9 Å². The van der Waals surface area contributed by atoms with E-state index in [1.54, 1.807) is 0 Å². The maximum Gasteiger partial charge on any atom is 0.225 e. The summed E-state index contributed by atoms with van der Waals surface area (Å²) in [5.41, 5.74) is 0. The molecular weight excluding hydrogens is 246 g/mol. The lowest BCUT2D eigenvalue weighted by atomic mass is 9.78. The smallest absolute Gasteiger partial charge is 0.225 e. The van der Waals surface area contributed by atoms with E-state index in [1.807, 2.05) is 0 Å². The van der Waals surface area contributed by atoms with Gasteiger partial charge in [-0.2, -0.15) is 0 Å². The molecule has 0 bridgehead atoms. The van der Waals surface area contributed by atoms with Gasteiger partial charge in [-0.15, -0.1) is 0 Å². The van der Waals surface area contributed by atoms with Crippen LogP contribution in [0.5, 0.6) is 0 Å². The minimum atomic E-state index is 0.263. The summed E-state index contributed by atoms with van der Waals surface area (Å²) in [6.45, 7) is 3.22. The van der Waals surface area contributed by atoms with Crippen LogP contribution in [0.25, 0.3) is 0 Å². The normalized spacial score (nSPS) is 30.2. The summed E-state index contributed by atoms with van der Waals surface area (Å²) < 4.78 is 0. The van der Waals surface area contributed by atoms with Crippen molar-refractivity contribution in [2.45, 2.75) is 83.6 Å². The first kappa shape index (κ1) is 14.4. The predicted octanol–water partition coefficient (Wildman–Crippen LogP) is 4.38. The molecule has 2 nitrogen and oxygen atoms in total. The quantitative estimate of drug-likeness (QED) is 0.746. The topological polar surface area (TPSA) is 20.3 Å². The molecule has 114 valence electrons. The summed E-state index contributed by atoms with van der Waals surface area (Å²) in [5, 5.41) is 0. The van der Waals surface area contributed by atoms with Gasteiger partial charge in [-0.25, -0.2) is 0 Å². The summed E-state index contributed by atoms with van der Waals surface area (Å²) >= 11 is 0. The summed E-state index contributed by atoms with van der Waals surface area (Å²) in [5.74, 6) is 2.40. The number of carbonyl (C=O) groups excluding carboxylic acids is 1. The molecule has 1 saturated heterocycles. The zero-order valence-electron chi connectivity index (χ0n) is 13.2.